The molecule has 1 saturated heterocycles. The quantitative estimate of drug-likeness (QED) is 0.503. The molecule has 1 heteroatoms. The summed E-state index contributed by atoms with van der Waals surface area (Å²) in [7, 11) is 0. The molecule has 0 aliphatic carbocycles. The zero-order chi connectivity index (χ0) is 8.91. The zero-order valence-electron chi connectivity index (χ0n) is 8.62. The molecule has 0 radical (unpaired) electrons. The molecule has 66 valence electrons. The molecule has 0 amide bonds. The summed E-state index contributed by atoms with van der Waals surface area (Å²) in [5, 5.41) is 0. The number of hydrogen-bond donors (Lipinski definition) is 0. The number of thioether (sulfide) groups is 1. The summed E-state index contributed by atoms with van der Waals surface area (Å²) >= 11 is 2.13. The van der Waals surface area contributed by atoms with Crippen LogP contribution in [0.1, 0.15) is 41.5 Å². The Morgan fingerprint density at radius 2 is 1.18 bits per heavy atom. The number of hydrogen-bond acceptors (Lipinski definition) is 1. The highest BCUT2D eigenvalue weighted by Crippen LogP contribution is 2.65. The van der Waals surface area contributed by atoms with Gasteiger partial charge in [-0.2, -0.15) is 11.8 Å². The lowest BCUT2D eigenvalue weighted by Crippen LogP contribution is -2.40. The Hall–Kier alpha value is 0.350. The Balaban J connectivity index is 2.85. The average Bonchev–Trinajstić information content (AvgIpc) is 2.31. The highest BCUT2D eigenvalue weighted by Gasteiger charge is 2.60. The van der Waals surface area contributed by atoms with Crippen molar-refractivity contribution in [2.75, 3.05) is 5.75 Å². The summed E-state index contributed by atoms with van der Waals surface area (Å²) in [6.07, 6.45) is 0. The van der Waals surface area contributed by atoms with Crippen molar-refractivity contribution in [2.45, 2.75) is 46.3 Å². The molecule has 0 N–H and O–H groups in total. The molecular formula is C10H20S. The molecule has 1 rings (SSSR count). The smallest absolute Gasteiger partial charge is 0.0347 e. The van der Waals surface area contributed by atoms with Crippen LogP contribution in [0.2, 0.25) is 0 Å². The molecule has 0 unspecified atom stereocenters. The van der Waals surface area contributed by atoms with E-state index >= 15 is 0 Å². The zero-order valence-corrected chi connectivity index (χ0v) is 9.43. The summed E-state index contributed by atoms with van der Waals surface area (Å²) < 4.78 is 0.542. The van der Waals surface area contributed by atoms with Gasteiger partial charge in [-0.15, -0.1) is 0 Å². The first-order chi connectivity index (χ1) is 4.71. The van der Waals surface area contributed by atoms with Crippen LogP contribution in [0, 0.1) is 10.8 Å². The Kier molecular flexibility index (Phi) is 1.87. The molecule has 1 aliphatic rings. The van der Waals surface area contributed by atoms with Crippen molar-refractivity contribution < 1.29 is 0 Å². The molecule has 0 bridgehead atoms. The van der Waals surface area contributed by atoms with E-state index in [1.165, 1.54) is 5.75 Å². The topological polar surface area (TPSA) is 0 Å². The first-order valence-corrected chi connectivity index (χ1v) is 5.33. The van der Waals surface area contributed by atoms with Gasteiger partial charge in [0.05, 0.1) is 0 Å². The highest BCUT2D eigenvalue weighted by atomic mass is 32.2. The second kappa shape index (κ2) is 2.18. The van der Waals surface area contributed by atoms with Gasteiger partial charge in [-0.05, 0) is 10.8 Å². The van der Waals surface area contributed by atoms with Gasteiger partial charge in [-0.3, -0.25) is 0 Å². The Morgan fingerprint density at radius 1 is 0.909 bits per heavy atom. The number of rotatable bonds is 0. The normalized spacial score (nSPS) is 23.5. The fraction of sp³-hybridized carbons (Fsp3) is 1.00. The largest absolute Gasteiger partial charge is 0.152 e. The standard InChI is InChI=1S/C10H20S/c1-8(2,3)10(7-11-10)9(4,5)6/h7H2,1-6H3. The van der Waals surface area contributed by atoms with Crippen molar-refractivity contribution in [1.29, 1.82) is 0 Å². The minimum Gasteiger partial charge on any atom is -0.152 e. The van der Waals surface area contributed by atoms with Gasteiger partial charge in [0.2, 0.25) is 0 Å². The lowest BCUT2D eigenvalue weighted by molar-refractivity contribution is 0.188. The van der Waals surface area contributed by atoms with Crippen molar-refractivity contribution in [3.8, 4) is 0 Å². The van der Waals surface area contributed by atoms with Gasteiger partial charge in [0.25, 0.3) is 0 Å². The third kappa shape index (κ3) is 1.32. The molecule has 0 aromatic carbocycles. The second-order valence-corrected chi connectivity index (χ2v) is 6.89. The molecule has 1 heterocycles. The van der Waals surface area contributed by atoms with Crippen molar-refractivity contribution in [3.05, 3.63) is 0 Å². The van der Waals surface area contributed by atoms with Crippen LogP contribution in [0.4, 0.5) is 0 Å². The van der Waals surface area contributed by atoms with Crippen LogP contribution in [0.25, 0.3) is 0 Å². The fourth-order valence-corrected chi connectivity index (χ4v) is 3.94. The van der Waals surface area contributed by atoms with E-state index < -0.39 is 0 Å². The maximum Gasteiger partial charge on any atom is 0.0347 e. The van der Waals surface area contributed by atoms with Crippen LogP contribution in [0.3, 0.4) is 0 Å². The van der Waals surface area contributed by atoms with Crippen molar-refractivity contribution in [1.82, 2.24) is 0 Å². The molecule has 1 fully saturated rings. The SMILES string of the molecule is CC(C)(C)C1(C(C)(C)C)CS1. The van der Waals surface area contributed by atoms with Crippen molar-refractivity contribution >= 4 is 11.8 Å². The van der Waals surface area contributed by atoms with Gasteiger partial charge in [0.1, 0.15) is 0 Å². The van der Waals surface area contributed by atoms with Gasteiger partial charge in [-0.25, -0.2) is 0 Å². The van der Waals surface area contributed by atoms with E-state index in [0.717, 1.165) is 0 Å². The van der Waals surface area contributed by atoms with E-state index in [4.69, 9.17) is 0 Å². The van der Waals surface area contributed by atoms with E-state index in [2.05, 4.69) is 53.3 Å². The minimum absolute atomic E-state index is 0.454. The Bertz CT molecular complexity index is 137. The summed E-state index contributed by atoms with van der Waals surface area (Å²) in [4.78, 5) is 0. The average molecular weight is 172 g/mol. The van der Waals surface area contributed by atoms with Gasteiger partial charge < -0.3 is 0 Å². The van der Waals surface area contributed by atoms with E-state index in [0.29, 0.717) is 15.6 Å². The van der Waals surface area contributed by atoms with E-state index in [-0.39, 0.29) is 0 Å². The fourth-order valence-electron chi connectivity index (χ4n) is 2.06. The maximum atomic E-state index is 2.36. The van der Waals surface area contributed by atoms with Gasteiger partial charge in [-0.1, -0.05) is 41.5 Å². The molecule has 1 aliphatic heterocycles. The van der Waals surface area contributed by atoms with Crippen LogP contribution in [0.5, 0.6) is 0 Å². The van der Waals surface area contributed by atoms with E-state index in [1.807, 2.05) is 0 Å². The predicted octanol–water partition coefficient (Wildman–Crippen LogP) is 3.56. The first kappa shape index (κ1) is 9.44. The van der Waals surface area contributed by atoms with Crippen LogP contribution in [-0.2, 0) is 0 Å². The molecule has 0 atom stereocenters. The van der Waals surface area contributed by atoms with Gasteiger partial charge >= 0.3 is 0 Å². The van der Waals surface area contributed by atoms with Crippen LogP contribution >= 0.6 is 11.8 Å². The summed E-state index contributed by atoms with van der Waals surface area (Å²) in [6, 6.07) is 0. The molecular weight excluding hydrogens is 152 g/mol. The molecule has 11 heavy (non-hydrogen) atoms. The molecule has 0 spiro atoms. The molecule has 0 aromatic rings. The molecule has 0 nitrogen and oxygen atoms in total. The summed E-state index contributed by atoms with van der Waals surface area (Å²) in [5.41, 5.74) is 0.909. The summed E-state index contributed by atoms with van der Waals surface area (Å²) in [5.74, 6) is 1.35. The third-order valence-corrected chi connectivity index (χ3v) is 4.95. The Labute approximate surface area is 75.1 Å². The van der Waals surface area contributed by atoms with E-state index in [1.54, 1.807) is 0 Å². The third-order valence-electron chi connectivity index (χ3n) is 2.86. The lowest BCUT2D eigenvalue weighted by atomic mass is 9.67. The van der Waals surface area contributed by atoms with E-state index in [9.17, 15) is 0 Å². The van der Waals surface area contributed by atoms with Crippen molar-refractivity contribution in [2.24, 2.45) is 10.8 Å². The van der Waals surface area contributed by atoms with Gasteiger partial charge in [0.15, 0.2) is 0 Å². The van der Waals surface area contributed by atoms with Crippen LogP contribution in [0.15, 0.2) is 0 Å². The molecule has 0 saturated carbocycles. The van der Waals surface area contributed by atoms with Crippen LogP contribution in [-0.4, -0.2) is 10.5 Å². The van der Waals surface area contributed by atoms with Crippen LogP contribution < -0.4 is 0 Å². The molecule has 0 aromatic heterocycles. The minimum atomic E-state index is 0.454. The monoisotopic (exact) mass is 172 g/mol. The first-order valence-electron chi connectivity index (χ1n) is 4.35. The highest BCUT2D eigenvalue weighted by molar-refractivity contribution is 8.08. The maximum absolute atomic E-state index is 2.36. The van der Waals surface area contributed by atoms with Crippen molar-refractivity contribution in [3.63, 3.8) is 0 Å². The second-order valence-electron chi connectivity index (χ2n) is 5.62. The Morgan fingerprint density at radius 3 is 1.18 bits per heavy atom. The van der Waals surface area contributed by atoms with Gasteiger partial charge in [0, 0.05) is 10.5 Å². The lowest BCUT2D eigenvalue weighted by Gasteiger charge is -2.40. The predicted molar refractivity (Wildman–Crippen MR) is 54.1 cm³/mol. The summed E-state index contributed by atoms with van der Waals surface area (Å²) in [6.45, 7) is 14.2.